The highest BCUT2D eigenvalue weighted by molar-refractivity contribution is 6.00. The molecule has 1 N–H and O–H groups in total. The molecule has 10 nitrogen and oxygen atoms in total. The minimum absolute atomic E-state index is 0.0378. The summed E-state index contributed by atoms with van der Waals surface area (Å²) in [5, 5.41) is 2.62. The third-order valence-electron chi connectivity index (χ3n) is 5.24. The molecular formula is C25H28N2O8. The third kappa shape index (κ3) is 6.50. The molecule has 2 aromatic carbocycles. The van der Waals surface area contributed by atoms with Crippen LogP contribution in [0.5, 0.6) is 11.5 Å². The van der Waals surface area contributed by atoms with Crippen LogP contribution >= 0.6 is 0 Å². The maximum atomic E-state index is 12.5. The molecule has 1 saturated heterocycles. The zero-order valence-electron chi connectivity index (χ0n) is 20.0. The zero-order chi connectivity index (χ0) is 25.5. The van der Waals surface area contributed by atoms with E-state index in [1.165, 1.54) is 19.1 Å². The summed E-state index contributed by atoms with van der Waals surface area (Å²) < 4.78 is 20.6. The molecule has 1 heterocycles. The van der Waals surface area contributed by atoms with Crippen LogP contribution in [0.1, 0.15) is 30.6 Å². The molecule has 1 aliphatic rings. The largest absolute Gasteiger partial charge is 0.497 e. The molecule has 2 amide bonds. The Morgan fingerprint density at radius 3 is 2.40 bits per heavy atom. The molecule has 0 unspecified atom stereocenters. The van der Waals surface area contributed by atoms with Gasteiger partial charge in [0.2, 0.25) is 5.91 Å². The molecule has 3 rings (SSSR count). The second-order valence-corrected chi connectivity index (χ2v) is 8.13. The first-order valence-corrected chi connectivity index (χ1v) is 11.0. The first-order chi connectivity index (χ1) is 16.7. The normalized spacial score (nSPS) is 15.1. The lowest BCUT2D eigenvalue weighted by Gasteiger charge is -2.17. The SMILES string of the molecule is COc1ccc(NC(=O)COC(=O)[C@H]2CC(=O)N(c3ccc(C(=O)OC(C)C)cc3)C2)c(OC)c1. The second kappa shape index (κ2) is 11.4. The number of carbonyl (C=O) groups excluding carboxylic acids is 4. The third-order valence-corrected chi connectivity index (χ3v) is 5.24. The van der Waals surface area contributed by atoms with Gasteiger partial charge in [-0.15, -0.1) is 0 Å². The van der Waals surface area contributed by atoms with Crippen LogP contribution in [0.2, 0.25) is 0 Å². The van der Waals surface area contributed by atoms with Crippen molar-refractivity contribution >= 4 is 35.1 Å². The fourth-order valence-corrected chi connectivity index (χ4v) is 3.52. The molecule has 0 aromatic heterocycles. The van der Waals surface area contributed by atoms with Gasteiger partial charge in [-0.25, -0.2) is 4.79 Å². The molecule has 1 atom stereocenters. The highest BCUT2D eigenvalue weighted by Crippen LogP contribution is 2.29. The van der Waals surface area contributed by atoms with Crippen LogP contribution in [-0.4, -0.2) is 57.2 Å². The van der Waals surface area contributed by atoms with Gasteiger partial charge in [0.1, 0.15) is 11.5 Å². The van der Waals surface area contributed by atoms with E-state index in [4.69, 9.17) is 18.9 Å². The molecule has 0 bridgehead atoms. The Morgan fingerprint density at radius 2 is 1.77 bits per heavy atom. The Morgan fingerprint density at radius 1 is 1.06 bits per heavy atom. The lowest BCUT2D eigenvalue weighted by Crippen LogP contribution is -2.28. The summed E-state index contributed by atoms with van der Waals surface area (Å²) in [6.45, 7) is 3.12. The summed E-state index contributed by atoms with van der Waals surface area (Å²) in [4.78, 5) is 50.7. The van der Waals surface area contributed by atoms with Crippen LogP contribution in [0, 0.1) is 5.92 Å². The zero-order valence-corrected chi connectivity index (χ0v) is 20.0. The number of ether oxygens (including phenoxy) is 4. The number of hydrogen-bond donors (Lipinski definition) is 1. The van der Waals surface area contributed by atoms with E-state index in [1.807, 2.05) is 0 Å². The van der Waals surface area contributed by atoms with Gasteiger partial charge >= 0.3 is 11.9 Å². The van der Waals surface area contributed by atoms with E-state index in [0.717, 1.165) is 0 Å². The molecule has 10 heteroatoms. The van der Waals surface area contributed by atoms with Gasteiger partial charge in [-0.05, 0) is 50.2 Å². The summed E-state index contributed by atoms with van der Waals surface area (Å²) in [6.07, 6.45) is -0.279. The first kappa shape index (κ1) is 25.5. The molecular weight excluding hydrogens is 456 g/mol. The molecule has 186 valence electrons. The second-order valence-electron chi connectivity index (χ2n) is 8.13. The summed E-state index contributed by atoms with van der Waals surface area (Å²) in [5.41, 5.74) is 1.32. The molecule has 0 radical (unpaired) electrons. The molecule has 2 aromatic rings. The average molecular weight is 485 g/mol. The number of hydrogen-bond acceptors (Lipinski definition) is 8. The molecule has 0 saturated carbocycles. The first-order valence-electron chi connectivity index (χ1n) is 11.0. The molecule has 35 heavy (non-hydrogen) atoms. The summed E-state index contributed by atoms with van der Waals surface area (Å²) in [6, 6.07) is 11.3. The van der Waals surface area contributed by atoms with Crippen molar-refractivity contribution in [1.82, 2.24) is 0 Å². The maximum absolute atomic E-state index is 12.5. The van der Waals surface area contributed by atoms with E-state index < -0.39 is 30.4 Å². The van der Waals surface area contributed by atoms with E-state index in [-0.39, 0.29) is 25.0 Å². The monoisotopic (exact) mass is 484 g/mol. The Labute approximate surface area is 203 Å². The van der Waals surface area contributed by atoms with Crippen molar-refractivity contribution in [3.8, 4) is 11.5 Å². The number of anilines is 2. The Balaban J connectivity index is 1.54. The van der Waals surface area contributed by atoms with Crippen molar-refractivity contribution in [3.05, 3.63) is 48.0 Å². The van der Waals surface area contributed by atoms with Crippen molar-refractivity contribution in [2.24, 2.45) is 5.92 Å². The summed E-state index contributed by atoms with van der Waals surface area (Å²) in [5.74, 6) is -1.65. The van der Waals surface area contributed by atoms with E-state index in [0.29, 0.717) is 28.4 Å². The van der Waals surface area contributed by atoms with Gasteiger partial charge < -0.3 is 29.2 Å². The Kier molecular flexibility index (Phi) is 8.30. The quantitative estimate of drug-likeness (QED) is 0.540. The molecule has 0 spiro atoms. The number of esters is 2. The molecule has 0 aliphatic carbocycles. The van der Waals surface area contributed by atoms with Crippen LogP contribution in [0.3, 0.4) is 0 Å². The number of methoxy groups -OCH3 is 2. The lowest BCUT2D eigenvalue weighted by molar-refractivity contribution is -0.151. The van der Waals surface area contributed by atoms with Crippen molar-refractivity contribution in [2.75, 3.05) is 37.6 Å². The maximum Gasteiger partial charge on any atom is 0.338 e. The predicted octanol–water partition coefficient (Wildman–Crippen LogP) is 2.80. The van der Waals surface area contributed by atoms with Crippen LogP contribution in [0.25, 0.3) is 0 Å². The van der Waals surface area contributed by atoms with E-state index >= 15 is 0 Å². The smallest absolute Gasteiger partial charge is 0.338 e. The highest BCUT2D eigenvalue weighted by Gasteiger charge is 2.36. The number of carbonyl (C=O) groups is 4. The lowest BCUT2D eigenvalue weighted by atomic mass is 10.1. The number of rotatable bonds is 9. The Hall–Kier alpha value is -4.08. The van der Waals surface area contributed by atoms with Gasteiger partial charge in [-0.3, -0.25) is 14.4 Å². The number of nitrogens with zero attached hydrogens (tertiary/aromatic N) is 1. The minimum atomic E-state index is -0.712. The van der Waals surface area contributed by atoms with E-state index in [9.17, 15) is 19.2 Å². The van der Waals surface area contributed by atoms with E-state index in [2.05, 4.69) is 5.32 Å². The Bertz CT molecular complexity index is 1100. The van der Waals surface area contributed by atoms with Crippen LogP contribution in [0.15, 0.2) is 42.5 Å². The number of nitrogens with one attached hydrogen (secondary N) is 1. The summed E-state index contributed by atoms with van der Waals surface area (Å²) >= 11 is 0. The van der Waals surface area contributed by atoms with Gasteiger partial charge in [0.15, 0.2) is 6.61 Å². The van der Waals surface area contributed by atoms with Gasteiger partial charge in [0.05, 0.1) is 37.5 Å². The fourth-order valence-electron chi connectivity index (χ4n) is 3.52. The van der Waals surface area contributed by atoms with Crippen LogP contribution in [0.4, 0.5) is 11.4 Å². The van der Waals surface area contributed by atoms with Gasteiger partial charge in [0, 0.05) is 24.7 Å². The highest BCUT2D eigenvalue weighted by atomic mass is 16.5. The molecule has 1 aliphatic heterocycles. The number of benzene rings is 2. The van der Waals surface area contributed by atoms with Gasteiger partial charge in [-0.2, -0.15) is 0 Å². The molecule has 1 fully saturated rings. The van der Waals surface area contributed by atoms with Crippen molar-refractivity contribution in [1.29, 1.82) is 0 Å². The average Bonchev–Trinajstić information content (AvgIpc) is 3.24. The van der Waals surface area contributed by atoms with Crippen LogP contribution < -0.4 is 19.7 Å². The predicted molar refractivity (Wildman–Crippen MR) is 127 cm³/mol. The van der Waals surface area contributed by atoms with E-state index in [1.54, 1.807) is 56.3 Å². The van der Waals surface area contributed by atoms with Gasteiger partial charge in [-0.1, -0.05) is 0 Å². The number of amides is 2. The topological polar surface area (TPSA) is 120 Å². The minimum Gasteiger partial charge on any atom is -0.497 e. The van der Waals surface area contributed by atoms with Gasteiger partial charge in [0.25, 0.3) is 5.91 Å². The van der Waals surface area contributed by atoms with Crippen LogP contribution in [-0.2, 0) is 23.9 Å². The van der Waals surface area contributed by atoms with Crippen molar-refractivity contribution in [3.63, 3.8) is 0 Å². The summed E-state index contributed by atoms with van der Waals surface area (Å²) in [7, 11) is 2.97. The fraction of sp³-hybridized carbons (Fsp3) is 0.360. The standard InChI is InChI=1S/C25H28N2O8/c1-15(2)35-25(31)16-5-7-18(8-6-16)27-13-17(11-23(27)29)24(30)34-14-22(28)26-20-10-9-19(32-3)12-21(20)33-4/h5-10,12,15,17H,11,13-14H2,1-4H3,(H,26,28)/t17-/m0/s1. The van der Waals surface area contributed by atoms with Crippen molar-refractivity contribution in [2.45, 2.75) is 26.4 Å². The van der Waals surface area contributed by atoms with Crippen molar-refractivity contribution < 1.29 is 38.1 Å².